The Bertz CT molecular complexity index is 1980. The standard InChI is InChI=1S/C34H42N6O5/c1-5-38-28-19-24(26(20-29(28)39(6-2)34(38)45)35-30(41)22-10-8-7-9-11-22)31(42)37-16-14-23(15-17-37)40-32(43)25-18-21(3)12-13-27(25)36(4)33(40)44/h12-13,18-20,22-23H,5-11,14-17H2,1-4H3,(H,35,41). The molecule has 2 aromatic heterocycles. The molecule has 2 aliphatic rings. The first-order chi connectivity index (χ1) is 21.6. The Hall–Kier alpha value is -4.41. The fourth-order valence-corrected chi connectivity index (χ4v) is 7.27. The number of rotatable bonds is 6. The number of nitrogens with zero attached hydrogens (tertiary/aromatic N) is 5. The fourth-order valence-electron chi connectivity index (χ4n) is 7.27. The first-order valence-corrected chi connectivity index (χ1v) is 16.2. The molecule has 3 heterocycles. The highest BCUT2D eigenvalue weighted by atomic mass is 16.2. The van der Waals surface area contributed by atoms with Gasteiger partial charge < -0.3 is 10.2 Å². The molecule has 2 amide bonds. The second kappa shape index (κ2) is 12.2. The van der Waals surface area contributed by atoms with E-state index in [4.69, 9.17) is 0 Å². The van der Waals surface area contributed by atoms with Crippen molar-refractivity contribution in [1.82, 2.24) is 23.2 Å². The van der Waals surface area contributed by atoms with Crippen LogP contribution in [0.5, 0.6) is 0 Å². The van der Waals surface area contributed by atoms with Crippen LogP contribution in [-0.2, 0) is 24.9 Å². The molecule has 2 fully saturated rings. The van der Waals surface area contributed by atoms with Crippen LogP contribution in [0.1, 0.15) is 80.8 Å². The van der Waals surface area contributed by atoms with Gasteiger partial charge in [0.2, 0.25) is 5.91 Å². The van der Waals surface area contributed by atoms with E-state index in [1.165, 1.54) is 9.13 Å². The van der Waals surface area contributed by atoms with E-state index in [0.29, 0.717) is 72.2 Å². The summed E-state index contributed by atoms with van der Waals surface area (Å²) in [5, 5.41) is 3.57. The first-order valence-electron chi connectivity index (χ1n) is 16.2. The zero-order chi connectivity index (χ0) is 32.0. The number of amides is 2. The number of anilines is 1. The number of hydrogen-bond acceptors (Lipinski definition) is 5. The summed E-state index contributed by atoms with van der Waals surface area (Å²) in [5.74, 6) is -0.444. The van der Waals surface area contributed by atoms with Crippen molar-refractivity contribution in [3.8, 4) is 0 Å². The van der Waals surface area contributed by atoms with Gasteiger partial charge in [-0.1, -0.05) is 30.9 Å². The third-order valence-electron chi connectivity index (χ3n) is 9.83. The Labute approximate surface area is 261 Å². The molecule has 0 radical (unpaired) electrons. The number of likely N-dealkylation sites (tertiary alicyclic amines) is 1. The first kappa shape index (κ1) is 30.6. The Morgan fingerprint density at radius 3 is 2.11 bits per heavy atom. The van der Waals surface area contributed by atoms with Crippen molar-refractivity contribution in [2.45, 2.75) is 84.8 Å². The van der Waals surface area contributed by atoms with Crippen molar-refractivity contribution in [2.75, 3.05) is 18.4 Å². The van der Waals surface area contributed by atoms with E-state index < -0.39 is 0 Å². The van der Waals surface area contributed by atoms with Crippen LogP contribution in [-0.4, -0.2) is 48.1 Å². The van der Waals surface area contributed by atoms with Crippen molar-refractivity contribution in [2.24, 2.45) is 13.0 Å². The van der Waals surface area contributed by atoms with Crippen LogP contribution in [0.4, 0.5) is 5.69 Å². The second-order valence-corrected chi connectivity index (χ2v) is 12.5. The topological polar surface area (TPSA) is 120 Å². The van der Waals surface area contributed by atoms with E-state index in [1.54, 1.807) is 39.3 Å². The van der Waals surface area contributed by atoms with Crippen LogP contribution in [0, 0.1) is 12.8 Å². The highest BCUT2D eigenvalue weighted by Gasteiger charge is 2.30. The third-order valence-corrected chi connectivity index (χ3v) is 9.83. The Morgan fingerprint density at radius 2 is 1.47 bits per heavy atom. The van der Waals surface area contributed by atoms with Crippen molar-refractivity contribution in [3.05, 3.63) is 72.8 Å². The lowest BCUT2D eigenvalue weighted by atomic mass is 9.88. The number of aromatic nitrogens is 4. The lowest BCUT2D eigenvalue weighted by Crippen LogP contribution is -2.46. The normalized spacial score (nSPS) is 16.5. The van der Waals surface area contributed by atoms with Crippen LogP contribution < -0.4 is 22.3 Å². The van der Waals surface area contributed by atoms with Gasteiger partial charge in [0, 0.05) is 45.2 Å². The minimum absolute atomic E-state index is 0.0936. The highest BCUT2D eigenvalue weighted by Crippen LogP contribution is 2.30. The molecule has 1 aliphatic carbocycles. The number of aryl methyl sites for hydroxylation is 4. The molecular formula is C34H42N6O5. The number of hydrogen-bond donors (Lipinski definition) is 1. The molecule has 4 aromatic rings. The number of piperidine rings is 1. The average molecular weight is 615 g/mol. The Morgan fingerprint density at radius 1 is 0.822 bits per heavy atom. The zero-order valence-electron chi connectivity index (χ0n) is 26.6. The van der Waals surface area contributed by atoms with Gasteiger partial charge in [0.25, 0.3) is 11.5 Å². The van der Waals surface area contributed by atoms with Crippen molar-refractivity contribution in [1.29, 1.82) is 0 Å². The zero-order valence-corrected chi connectivity index (χ0v) is 26.6. The molecule has 0 unspecified atom stereocenters. The van der Waals surface area contributed by atoms with Gasteiger partial charge in [0.15, 0.2) is 0 Å². The number of carbonyl (C=O) groups is 2. The maximum absolute atomic E-state index is 14.2. The van der Waals surface area contributed by atoms with E-state index >= 15 is 0 Å². The number of nitrogens with one attached hydrogen (secondary N) is 1. The van der Waals surface area contributed by atoms with Gasteiger partial charge in [0.1, 0.15) is 0 Å². The minimum Gasteiger partial charge on any atom is -0.338 e. The quantitative estimate of drug-likeness (QED) is 0.350. The lowest BCUT2D eigenvalue weighted by Gasteiger charge is -2.33. The summed E-state index contributed by atoms with van der Waals surface area (Å²) >= 11 is 0. The molecule has 45 heavy (non-hydrogen) atoms. The molecular weight excluding hydrogens is 572 g/mol. The third kappa shape index (κ3) is 5.32. The summed E-state index contributed by atoms with van der Waals surface area (Å²) in [4.78, 5) is 69.2. The predicted molar refractivity (Wildman–Crippen MR) is 175 cm³/mol. The van der Waals surface area contributed by atoms with Gasteiger partial charge in [-0.25, -0.2) is 9.59 Å². The summed E-state index contributed by atoms with van der Waals surface area (Å²) in [7, 11) is 1.68. The number of benzene rings is 2. The van der Waals surface area contributed by atoms with Crippen molar-refractivity contribution < 1.29 is 9.59 Å². The number of carbonyl (C=O) groups excluding carboxylic acids is 2. The number of imidazole rings is 1. The summed E-state index contributed by atoms with van der Waals surface area (Å²) in [5.41, 5.74) is 2.81. The van der Waals surface area contributed by atoms with Crippen LogP contribution in [0.3, 0.4) is 0 Å². The highest BCUT2D eigenvalue weighted by molar-refractivity contribution is 6.07. The van der Waals surface area contributed by atoms with Crippen molar-refractivity contribution >= 4 is 39.4 Å². The summed E-state index contributed by atoms with van der Waals surface area (Å²) in [6, 6.07) is 8.66. The van der Waals surface area contributed by atoms with Crippen LogP contribution in [0.2, 0.25) is 0 Å². The molecule has 11 nitrogen and oxygen atoms in total. The van der Waals surface area contributed by atoms with Crippen LogP contribution >= 0.6 is 0 Å². The van der Waals surface area contributed by atoms with E-state index in [9.17, 15) is 24.0 Å². The Kier molecular flexibility index (Phi) is 8.28. The molecule has 1 N–H and O–H groups in total. The van der Waals surface area contributed by atoms with E-state index in [2.05, 4.69) is 5.32 Å². The Balaban J connectivity index is 1.33. The van der Waals surface area contributed by atoms with Gasteiger partial charge >= 0.3 is 11.4 Å². The van der Waals surface area contributed by atoms with E-state index in [1.807, 2.05) is 32.9 Å². The summed E-state index contributed by atoms with van der Waals surface area (Å²) < 4.78 is 6.18. The second-order valence-electron chi connectivity index (χ2n) is 12.5. The van der Waals surface area contributed by atoms with Gasteiger partial charge in [-0.05, 0) is 70.7 Å². The molecule has 2 aromatic carbocycles. The molecule has 1 aliphatic heterocycles. The SMILES string of the molecule is CCn1c(=O)n(CC)c2cc(C(=O)N3CCC(n4c(=O)c5cc(C)ccc5n(C)c4=O)CC3)c(NC(=O)C3CCCCC3)cc21. The molecule has 238 valence electrons. The van der Waals surface area contributed by atoms with Gasteiger partial charge in [-0.15, -0.1) is 0 Å². The van der Waals surface area contributed by atoms with Crippen molar-refractivity contribution in [3.63, 3.8) is 0 Å². The molecule has 0 atom stereocenters. The van der Waals surface area contributed by atoms with Crippen LogP contribution in [0.15, 0.2) is 44.7 Å². The molecule has 0 bridgehead atoms. The van der Waals surface area contributed by atoms with Gasteiger partial charge in [-0.2, -0.15) is 0 Å². The van der Waals surface area contributed by atoms with Crippen LogP contribution in [0.25, 0.3) is 21.9 Å². The summed E-state index contributed by atoms with van der Waals surface area (Å²) in [6.07, 6.45) is 5.67. The number of fused-ring (bicyclic) bond motifs is 2. The minimum atomic E-state index is -0.364. The van der Waals surface area contributed by atoms with Gasteiger partial charge in [-0.3, -0.25) is 32.7 Å². The van der Waals surface area contributed by atoms with Gasteiger partial charge in [0.05, 0.1) is 33.2 Å². The van der Waals surface area contributed by atoms with E-state index in [-0.39, 0.29) is 40.7 Å². The lowest BCUT2D eigenvalue weighted by molar-refractivity contribution is -0.120. The molecule has 6 rings (SSSR count). The smallest absolute Gasteiger partial charge is 0.331 e. The largest absolute Gasteiger partial charge is 0.338 e. The molecule has 0 spiro atoms. The maximum Gasteiger partial charge on any atom is 0.331 e. The van der Waals surface area contributed by atoms with E-state index in [0.717, 1.165) is 37.7 Å². The predicted octanol–water partition coefficient (Wildman–Crippen LogP) is 4.16. The monoisotopic (exact) mass is 614 g/mol. The fraction of sp³-hybridized carbons (Fsp3) is 0.500. The average Bonchev–Trinajstić information content (AvgIpc) is 3.32. The molecule has 1 saturated carbocycles. The molecule has 11 heteroatoms. The maximum atomic E-state index is 14.2. The summed E-state index contributed by atoms with van der Waals surface area (Å²) in [6.45, 7) is 7.31. The molecule has 1 saturated heterocycles.